The number of amides is 1. The van der Waals surface area contributed by atoms with Gasteiger partial charge in [0, 0.05) is 16.7 Å². The lowest BCUT2D eigenvalue weighted by Gasteiger charge is -2.40. The highest BCUT2D eigenvalue weighted by Crippen LogP contribution is 2.48. The van der Waals surface area contributed by atoms with E-state index in [-0.39, 0.29) is 5.91 Å². The Morgan fingerprint density at radius 2 is 1.10 bits per heavy atom. The third-order valence-electron chi connectivity index (χ3n) is 5.77. The summed E-state index contributed by atoms with van der Waals surface area (Å²) in [5.41, 5.74) is 2.11. The van der Waals surface area contributed by atoms with Crippen LogP contribution in [0.4, 0.5) is 0 Å². The van der Waals surface area contributed by atoms with Crippen molar-refractivity contribution in [2.24, 2.45) is 0 Å². The molecule has 146 valence electrons. The van der Waals surface area contributed by atoms with Crippen molar-refractivity contribution >= 4 is 5.91 Å². The zero-order chi connectivity index (χ0) is 20.6. The van der Waals surface area contributed by atoms with Gasteiger partial charge in [-0.3, -0.25) is 9.69 Å². The van der Waals surface area contributed by atoms with Crippen molar-refractivity contribution < 1.29 is 9.90 Å². The number of carbonyl (C=O) groups excluding carboxylic acids is 1. The molecule has 0 fully saturated rings. The van der Waals surface area contributed by atoms with Crippen molar-refractivity contribution in [3.8, 4) is 0 Å². The average molecular weight is 391 g/mol. The van der Waals surface area contributed by atoms with Gasteiger partial charge in [-0.1, -0.05) is 109 Å². The van der Waals surface area contributed by atoms with Crippen LogP contribution in [-0.2, 0) is 5.72 Å². The van der Waals surface area contributed by atoms with Gasteiger partial charge in [0.2, 0.25) is 0 Å². The number of rotatable bonds is 4. The van der Waals surface area contributed by atoms with Crippen molar-refractivity contribution in [3.05, 3.63) is 143 Å². The molecule has 0 aliphatic carbocycles. The molecule has 0 saturated carbocycles. The molecule has 3 heteroatoms. The van der Waals surface area contributed by atoms with Crippen LogP contribution in [0.3, 0.4) is 0 Å². The summed E-state index contributed by atoms with van der Waals surface area (Å²) in [5.74, 6) is -0.186. The Hall–Kier alpha value is -3.69. The van der Waals surface area contributed by atoms with E-state index in [1.165, 1.54) is 0 Å². The van der Waals surface area contributed by atoms with E-state index in [1.54, 1.807) is 11.0 Å². The quantitative estimate of drug-likeness (QED) is 0.524. The Labute approximate surface area is 175 Å². The summed E-state index contributed by atoms with van der Waals surface area (Å²) in [5, 5.41) is 12.2. The van der Waals surface area contributed by atoms with Gasteiger partial charge in [0.25, 0.3) is 5.91 Å². The van der Waals surface area contributed by atoms with E-state index in [9.17, 15) is 9.90 Å². The first-order chi connectivity index (χ1) is 14.7. The lowest BCUT2D eigenvalue weighted by molar-refractivity contribution is -0.0640. The zero-order valence-corrected chi connectivity index (χ0v) is 16.3. The molecule has 1 atom stereocenters. The summed E-state index contributed by atoms with van der Waals surface area (Å²) >= 11 is 0. The molecule has 0 spiro atoms. The summed E-state index contributed by atoms with van der Waals surface area (Å²) < 4.78 is 0. The van der Waals surface area contributed by atoms with Crippen LogP contribution in [0.15, 0.2) is 115 Å². The van der Waals surface area contributed by atoms with Gasteiger partial charge in [-0.25, -0.2) is 0 Å². The Morgan fingerprint density at radius 3 is 1.67 bits per heavy atom. The van der Waals surface area contributed by atoms with Crippen molar-refractivity contribution in [2.45, 2.75) is 11.8 Å². The molecule has 1 aliphatic heterocycles. The normalized spacial score (nSPS) is 17.9. The Bertz CT molecular complexity index is 1140. The zero-order valence-electron chi connectivity index (χ0n) is 16.3. The number of benzene rings is 4. The highest BCUT2D eigenvalue weighted by Gasteiger charge is 2.53. The number of carbonyl (C=O) groups is 1. The third-order valence-corrected chi connectivity index (χ3v) is 5.77. The van der Waals surface area contributed by atoms with Gasteiger partial charge in [0.05, 0.1) is 6.04 Å². The number of nitrogens with zero attached hydrogens (tertiary/aromatic N) is 1. The van der Waals surface area contributed by atoms with Gasteiger partial charge in [-0.05, 0) is 17.2 Å². The maximum Gasteiger partial charge on any atom is 0.257 e. The first-order valence-electron chi connectivity index (χ1n) is 10.0. The third kappa shape index (κ3) is 2.75. The molecule has 0 saturated heterocycles. The molecule has 0 bridgehead atoms. The van der Waals surface area contributed by atoms with Crippen molar-refractivity contribution in [1.29, 1.82) is 0 Å². The van der Waals surface area contributed by atoms with Crippen LogP contribution in [0.5, 0.6) is 0 Å². The van der Waals surface area contributed by atoms with Gasteiger partial charge in [0.1, 0.15) is 0 Å². The van der Waals surface area contributed by atoms with E-state index in [0.717, 1.165) is 11.1 Å². The van der Waals surface area contributed by atoms with Crippen LogP contribution in [0, 0.1) is 0 Å². The van der Waals surface area contributed by atoms with Crippen LogP contribution in [0.25, 0.3) is 0 Å². The maximum absolute atomic E-state index is 13.7. The molecule has 1 N–H and O–H groups in total. The van der Waals surface area contributed by atoms with Crippen LogP contribution >= 0.6 is 0 Å². The average Bonchev–Trinajstić information content (AvgIpc) is 3.05. The van der Waals surface area contributed by atoms with Gasteiger partial charge >= 0.3 is 0 Å². The fourth-order valence-electron chi connectivity index (χ4n) is 4.41. The second kappa shape index (κ2) is 7.29. The fraction of sp³-hybridized carbons (Fsp3) is 0.0741. The summed E-state index contributed by atoms with van der Waals surface area (Å²) in [7, 11) is 0. The summed E-state index contributed by atoms with van der Waals surface area (Å²) in [6.07, 6.45) is 0. The largest absolute Gasteiger partial charge is 0.363 e. The predicted octanol–water partition coefficient (Wildman–Crippen LogP) is 5.13. The lowest BCUT2D eigenvalue weighted by atomic mass is 9.90. The minimum atomic E-state index is -1.58. The highest BCUT2D eigenvalue weighted by atomic mass is 16.3. The Morgan fingerprint density at radius 1 is 0.633 bits per heavy atom. The standard InChI is InChI=1S/C27H21NO2/c29-26-23-18-10-11-19-24(23)27(30,22-16-8-3-9-17-22)28(26)25(20-12-4-1-5-13-20)21-14-6-2-7-15-21/h1-19,25,30H/t27-/m1/s1. The lowest BCUT2D eigenvalue weighted by Crippen LogP contribution is -2.47. The molecule has 3 nitrogen and oxygen atoms in total. The minimum absolute atomic E-state index is 0.186. The molecule has 4 aromatic carbocycles. The van der Waals surface area contributed by atoms with Crippen molar-refractivity contribution in [2.75, 3.05) is 0 Å². The van der Waals surface area contributed by atoms with E-state index < -0.39 is 11.8 Å². The maximum atomic E-state index is 13.7. The van der Waals surface area contributed by atoms with Gasteiger partial charge in [0.15, 0.2) is 5.72 Å². The predicted molar refractivity (Wildman–Crippen MR) is 117 cm³/mol. The highest BCUT2D eigenvalue weighted by molar-refractivity contribution is 6.01. The minimum Gasteiger partial charge on any atom is -0.363 e. The molecule has 1 aliphatic rings. The van der Waals surface area contributed by atoms with Crippen LogP contribution in [0.2, 0.25) is 0 Å². The van der Waals surface area contributed by atoms with E-state index >= 15 is 0 Å². The molecular formula is C27H21NO2. The van der Waals surface area contributed by atoms with E-state index in [1.807, 2.05) is 109 Å². The number of fused-ring (bicyclic) bond motifs is 1. The fourth-order valence-corrected chi connectivity index (χ4v) is 4.41. The number of aliphatic hydroxyl groups is 1. The molecule has 5 rings (SSSR count). The second-order valence-electron chi connectivity index (χ2n) is 7.48. The monoisotopic (exact) mass is 391 g/mol. The second-order valence-corrected chi connectivity index (χ2v) is 7.48. The molecule has 0 radical (unpaired) electrons. The number of hydrogen-bond donors (Lipinski definition) is 1. The molecule has 30 heavy (non-hydrogen) atoms. The van der Waals surface area contributed by atoms with E-state index in [4.69, 9.17) is 0 Å². The topological polar surface area (TPSA) is 40.5 Å². The Balaban J connectivity index is 1.79. The van der Waals surface area contributed by atoms with Gasteiger partial charge in [-0.15, -0.1) is 0 Å². The Kier molecular flexibility index (Phi) is 4.46. The summed E-state index contributed by atoms with van der Waals surface area (Å²) in [6.45, 7) is 0. The van der Waals surface area contributed by atoms with Crippen LogP contribution in [-0.4, -0.2) is 15.9 Å². The molecule has 0 aromatic heterocycles. The molecule has 4 aromatic rings. The van der Waals surface area contributed by atoms with Crippen molar-refractivity contribution in [3.63, 3.8) is 0 Å². The van der Waals surface area contributed by atoms with Gasteiger partial charge < -0.3 is 5.11 Å². The molecule has 1 heterocycles. The molecule has 0 unspecified atom stereocenters. The SMILES string of the molecule is O=C1c2ccccc2[C@](O)(c2ccccc2)N1C(c1ccccc1)c1ccccc1. The first-order valence-corrected chi connectivity index (χ1v) is 10.0. The first kappa shape index (κ1) is 18.3. The van der Waals surface area contributed by atoms with Crippen LogP contribution in [0.1, 0.15) is 38.7 Å². The van der Waals surface area contributed by atoms with E-state index in [2.05, 4.69) is 0 Å². The van der Waals surface area contributed by atoms with Gasteiger partial charge in [-0.2, -0.15) is 0 Å². The van der Waals surface area contributed by atoms with E-state index in [0.29, 0.717) is 16.7 Å². The summed E-state index contributed by atoms with van der Waals surface area (Å²) in [4.78, 5) is 15.4. The van der Waals surface area contributed by atoms with Crippen LogP contribution < -0.4 is 0 Å². The smallest absolute Gasteiger partial charge is 0.257 e. The number of hydrogen-bond acceptors (Lipinski definition) is 2. The van der Waals surface area contributed by atoms with Crippen molar-refractivity contribution in [1.82, 2.24) is 4.90 Å². The molecule has 1 amide bonds. The molecular weight excluding hydrogens is 370 g/mol. The summed E-state index contributed by atoms with van der Waals surface area (Å²) in [6, 6.07) is 36.0.